The minimum absolute atomic E-state index is 0.211. The average molecular weight is 210 g/mol. The van der Waals surface area contributed by atoms with Crippen LogP contribution in [0.3, 0.4) is 0 Å². The van der Waals surface area contributed by atoms with Crippen LogP contribution in [-0.2, 0) is 4.79 Å². The Morgan fingerprint density at radius 2 is 2.13 bits per heavy atom. The number of rotatable bonds is 7. The third-order valence-corrected chi connectivity index (χ3v) is 3.75. The maximum absolute atomic E-state index is 11.5. The molecule has 2 fully saturated rings. The van der Waals surface area contributed by atoms with Crippen molar-refractivity contribution in [1.82, 2.24) is 10.6 Å². The summed E-state index contributed by atoms with van der Waals surface area (Å²) >= 11 is 0. The zero-order valence-corrected chi connectivity index (χ0v) is 9.64. The molecule has 15 heavy (non-hydrogen) atoms. The number of nitrogens with one attached hydrogen (secondary N) is 2. The molecule has 86 valence electrons. The molecular weight excluding hydrogens is 188 g/mol. The molecule has 0 spiro atoms. The van der Waals surface area contributed by atoms with Crippen LogP contribution < -0.4 is 10.6 Å². The minimum Gasteiger partial charge on any atom is -0.355 e. The molecule has 3 heteroatoms. The van der Waals surface area contributed by atoms with Crippen LogP contribution in [0.2, 0.25) is 0 Å². The van der Waals surface area contributed by atoms with Gasteiger partial charge in [-0.15, -0.1) is 0 Å². The SMILES string of the molecule is CCNCCC(=O)NCC1(C2CC2)CC1. The van der Waals surface area contributed by atoms with Gasteiger partial charge in [-0.2, -0.15) is 0 Å². The highest BCUT2D eigenvalue weighted by Crippen LogP contribution is 2.60. The predicted molar refractivity (Wildman–Crippen MR) is 60.6 cm³/mol. The molecule has 2 aliphatic carbocycles. The molecule has 0 heterocycles. The molecule has 2 aliphatic rings. The first kappa shape index (κ1) is 10.9. The first-order valence-corrected chi connectivity index (χ1v) is 6.24. The summed E-state index contributed by atoms with van der Waals surface area (Å²) in [6.45, 7) is 4.74. The first-order chi connectivity index (χ1) is 7.27. The van der Waals surface area contributed by atoms with Crippen LogP contribution in [0.5, 0.6) is 0 Å². The summed E-state index contributed by atoms with van der Waals surface area (Å²) in [7, 11) is 0. The summed E-state index contributed by atoms with van der Waals surface area (Å²) < 4.78 is 0. The van der Waals surface area contributed by atoms with E-state index in [2.05, 4.69) is 17.6 Å². The Morgan fingerprint density at radius 3 is 2.67 bits per heavy atom. The molecule has 3 nitrogen and oxygen atoms in total. The molecule has 0 aromatic heterocycles. The van der Waals surface area contributed by atoms with Crippen molar-refractivity contribution in [1.29, 1.82) is 0 Å². The van der Waals surface area contributed by atoms with Gasteiger partial charge in [-0.05, 0) is 43.6 Å². The molecule has 0 aromatic carbocycles. The van der Waals surface area contributed by atoms with Gasteiger partial charge in [-0.25, -0.2) is 0 Å². The number of hydrogen-bond donors (Lipinski definition) is 2. The first-order valence-electron chi connectivity index (χ1n) is 6.24. The van der Waals surface area contributed by atoms with Crippen LogP contribution in [-0.4, -0.2) is 25.5 Å². The second kappa shape index (κ2) is 4.52. The van der Waals surface area contributed by atoms with Gasteiger partial charge < -0.3 is 10.6 Å². The second-order valence-electron chi connectivity index (χ2n) is 5.02. The van der Waals surface area contributed by atoms with Crippen LogP contribution in [0.25, 0.3) is 0 Å². The number of hydrogen-bond acceptors (Lipinski definition) is 2. The fraction of sp³-hybridized carbons (Fsp3) is 0.917. The molecule has 0 radical (unpaired) electrons. The van der Waals surface area contributed by atoms with Crippen molar-refractivity contribution < 1.29 is 4.79 Å². The molecule has 0 saturated heterocycles. The molecule has 0 bridgehead atoms. The lowest BCUT2D eigenvalue weighted by atomic mass is 10.0. The zero-order chi connectivity index (χ0) is 10.7. The molecule has 0 atom stereocenters. The van der Waals surface area contributed by atoms with Crippen molar-refractivity contribution >= 4 is 5.91 Å². The standard InChI is InChI=1S/C12H22N2O/c1-2-13-8-5-11(15)14-9-12(6-7-12)10-3-4-10/h10,13H,2-9H2,1H3,(H,14,15). The maximum atomic E-state index is 11.5. The highest BCUT2D eigenvalue weighted by Gasteiger charge is 2.53. The van der Waals surface area contributed by atoms with Crippen molar-refractivity contribution in [2.45, 2.75) is 39.0 Å². The fourth-order valence-electron chi connectivity index (χ4n) is 2.33. The Morgan fingerprint density at radius 1 is 1.40 bits per heavy atom. The Balaban J connectivity index is 1.58. The third-order valence-electron chi connectivity index (χ3n) is 3.75. The van der Waals surface area contributed by atoms with E-state index in [9.17, 15) is 4.79 Å². The van der Waals surface area contributed by atoms with Gasteiger partial charge in [0.1, 0.15) is 0 Å². The maximum Gasteiger partial charge on any atom is 0.221 e. The molecular formula is C12H22N2O. The normalized spacial score (nSPS) is 22.5. The zero-order valence-electron chi connectivity index (χ0n) is 9.64. The lowest BCUT2D eigenvalue weighted by molar-refractivity contribution is -0.121. The van der Waals surface area contributed by atoms with Gasteiger partial charge in [0.2, 0.25) is 5.91 Å². The second-order valence-corrected chi connectivity index (χ2v) is 5.02. The van der Waals surface area contributed by atoms with Gasteiger partial charge in [0.05, 0.1) is 0 Å². The van der Waals surface area contributed by atoms with Crippen molar-refractivity contribution in [2.24, 2.45) is 11.3 Å². The van der Waals surface area contributed by atoms with Gasteiger partial charge in [0, 0.05) is 19.5 Å². The Hall–Kier alpha value is -0.570. The van der Waals surface area contributed by atoms with E-state index in [1.807, 2.05) is 0 Å². The van der Waals surface area contributed by atoms with Gasteiger partial charge in [-0.3, -0.25) is 4.79 Å². The van der Waals surface area contributed by atoms with Gasteiger partial charge >= 0.3 is 0 Å². The van der Waals surface area contributed by atoms with Crippen molar-refractivity contribution in [3.05, 3.63) is 0 Å². The Kier molecular flexibility index (Phi) is 3.29. The third kappa shape index (κ3) is 2.94. The van der Waals surface area contributed by atoms with E-state index in [1.165, 1.54) is 25.7 Å². The van der Waals surface area contributed by atoms with E-state index in [1.54, 1.807) is 0 Å². The van der Waals surface area contributed by atoms with Gasteiger partial charge in [0.25, 0.3) is 0 Å². The van der Waals surface area contributed by atoms with Gasteiger partial charge in [0.15, 0.2) is 0 Å². The number of amides is 1. The van der Waals surface area contributed by atoms with Crippen LogP contribution >= 0.6 is 0 Å². The van der Waals surface area contributed by atoms with Crippen LogP contribution in [0.1, 0.15) is 39.0 Å². The highest BCUT2D eigenvalue weighted by molar-refractivity contribution is 5.76. The molecule has 0 unspecified atom stereocenters. The smallest absolute Gasteiger partial charge is 0.221 e. The Bertz CT molecular complexity index is 232. The summed E-state index contributed by atoms with van der Waals surface area (Å²) in [6, 6.07) is 0. The number of carbonyl (C=O) groups excluding carboxylic acids is 1. The van der Waals surface area contributed by atoms with Crippen molar-refractivity contribution in [3.63, 3.8) is 0 Å². The van der Waals surface area contributed by atoms with E-state index in [-0.39, 0.29) is 5.91 Å². The lowest BCUT2D eigenvalue weighted by Crippen LogP contribution is -2.33. The molecule has 1 amide bonds. The molecule has 2 rings (SSSR count). The van der Waals surface area contributed by atoms with Crippen LogP contribution in [0.15, 0.2) is 0 Å². The number of carbonyl (C=O) groups is 1. The highest BCUT2D eigenvalue weighted by atomic mass is 16.1. The molecule has 2 N–H and O–H groups in total. The molecule has 2 saturated carbocycles. The van der Waals surface area contributed by atoms with E-state index in [0.29, 0.717) is 11.8 Å². The quantitative estimate of drug-likeness (QED) is 0.622. The summed E-state index contributed by atoms with van der Waals surface area (Å²) in [5.74, 6) is 1.15. The van der Waals surface area contributed by atoms with E-state index >= 15 is 0 Å². The average Bonchev–Trinajstić information content (AvgIpc) is 3.06. The largest absolute Gasteiger partial charge is 0.355 e. The molecule has 0 aliphatic heterocycles. The van der Waals surface area contributed by atoms with Crippen LogP contribution in [0.4, 0.5) is 0 Å². The topological polar surface area (TPSA) is 41.1 Å². The van der Waals surface area contributed by atoms with E-state index < -0.39 is 0 Å². The van der Waals surface area contributed by atoms with E-state index in [4.69, 9.17) is 0 Å². The van der Waals surface area contributed by atoms with Gasteiger partial charge in [-0.1, -0.05) is 6.92 Å². The fourth-order valence-corrected chi connectivity index (χ4v) is 2.33. The predicted octanol–water partition coefficient (Wildman–Crippen LogP) is 1.29. The van der Waals surface area contributed by atoms with Crippen molar-refractivity contribution in [2.75, 3.05) is 19.6 Å². The molecule has 0 aromatic rings. The summed E-state index contributed by atoms with van der Waals surface area (Å²) in [5, 5.41) is 6.25. The summed E-state index contributed by atoms with van der Waals surface area (Å²) in [4.78, 5) is 11.5. The monoisotopic (exact) mass is 210 g/mol. The van der Waals surface area contributed by atoms with E-state index in [0.717, 1.165) is 25.6 Å². The lowest BCUT2D eigenvalue weighted by Gasteiger charge is -2.14. The minimum atomic E-state index is 0.211. The Labute approximate surface area is 92.0 Å². The van der Waals surface area contributed by atoms with Crippen LogP contribution in [0, 0.1) is 11.3 Å². The van der Waals surface area contributed by atoms with Crippen molar-refractivity contribution in [3.8, 4) is 0 Å². The summed E-state index contributed by atoms with van der Waals surface area (Å²) in [5.41, 5.74) is 0.536. The summed E-state index contributed by atoms with van der Waals surface area (Å²) in [6.07, 6.45) is 6.09.